The molecule has 0 aromatic heterocycles. The van der Waals surface area contributed by atoms with Gasteiger partial charge in [-0.05, 0) is 24.3 Å². The molecule has 2 atom stereocenters. The van der Waals surface area contributed by atoms with E-state index in [4.69, 9.17) is 9.47 Å². The largest absolute Gasteiger partial charge is 0.478 e. The molecular formula is C20H25N3O9S. The van der Waals surface area contributed by atoms with Crippen LogP contribution in [-0.2, 0) is 33.9 Å². The van der Waals surface area contributed by atoms with Crippen molar-refractivity contribution in [2.24, 2.45) is 0 Å². The number of nitrogens with zero attached hydrogens (tertiary/aromatic N) is 3. The van der Waals surface area contributed by atoms with Gasteiger partial charge in [0.05, 0.1) is 12.9 Å². The van der Waals surface area contributed by atoms with Gasteiger partial charge in [0, 0.05) is 50.9 Å². The Kier molecular flexibility index (Phi) is 7.34. The van der Waals surface area contributed by atoms with Crippen molar-refractivity contribution in [2.45, 2.75) is 19.1 Å². The van der Waals surface area contributed by atoms with Crippen LogP contribution in [0.2, 0.25) is 0 Å². The number of carbonyl (C=O) groups excluding carboxylic acids is 3. The van der Waals surface area contributed by atoms with E-state index in [2.05, 4.69) is 0 Å². The number of carboxylic acids is 1. The van der Waals surface area contributed by atoms with Crippen LogP contribution in [0, 0.1) is 0 Å². The maximum Gasteiger partial charge on any atom is 0.348 e. The Labute approximate surface area is 190 Å². The molecule has 3 rings (SSSR count). The summed E-state index contributed by atoms with van der Waals surface area (Å²) in [6.45, 7) is 2.21. The van der Waals surface area contributed by atoms with Crippen LogP contribution in [0.3, 0.4) is 0 Å². The summed E-state index contributed by atoms with van der Waals surface area (Å²) >= 11 is 0. The number of hydrogen-bond donors (Lipinski definition) is 1. The molecule has 1 aromatic rings. The molecule has 0 saturated carbocycles. The van der Waals surface area contributed by atoms with Crippen molar-refractivity contribution in [3.8, 4) is 0 Å². The summed E-state index contributed by atoms with van der Waals surface area (Å²) in [5.41, 5.74) is 0.797. The first-order chi connectivity index (χ1) is 15.5. The number of benzene rings is 1. The lowest BCUT2D eigenvalue weighted by Crippen LogP contribution is -2.55. The zero-order chi connectivity index (χ0) is 24.3. The van der Waals surface area contributed by atoms with Crippen molar-refractivity contribution < 1.29 is 42.2 Å². The van der Waals surface area contributed by atoms with Crippen LogP contribution in [-0.4, -0.2) is 104 Å². The highest BCUT2D eigenvalue weighted by Crippen LogP contribution is 2.23. The molecule has 1 N–H and O–H groups in total. The average molecular weight is 483 g/mol. The minimum absolute atomic E-state index is 0.0345. The van der Waals surface area contributed by atoms with E-state index in [1.165, 1.54) is 9.21 Å². The number of aliphatic carboxylic acids is 1. The number of morpholine rings is 1. The minimum atomic E-state index is -3.30. The van der Waals surface area contributed by atoms with Crippen molar-refractivity contribution in [3.05, 3.63) is 29.8 Å². The first kappa shape index (κ1) is 24.6. The fourth-order valence-electron chi connectivity index (χ4n) is 3.69. The Bertz CT molecular complexity index is 1030. The molecule has 2 saturated heterocycles. The van der Waals surface area contributed by atoms with E-state index in [1.54, 1.807) is 29.2 Å². The molecule has 2 heterocycles. The summed E-state index contributed by atoms with van der Waals surface area (Å²) in [6.07, 6.45) is -2.14. The molecule has 33 heavy (non-hydrogen) atoms. The van der Waals surface area contributed by atoms with Crippen molar-refractivity contribution >= 4 is 39.5 Å². The van der Waals surface area contributed by atoms with E-state index in [1.807, 2.05) is 0 Å². The van der Waals surface area contributed by atoms with Crippen molar-refractivity contribution in [3.63, 3.8) is 0 Å². The summed E-state index contributed by atoms with van der Waals surface area (Å²) in [5.74, 6) is -3.29. The van der Waals surface area contributed by atoms with Crippen LogP contribution in [0.4, 0.5) is 5.69 Å². The molecule has 2 fully saturated rings. The van der Waals surface area contributed by atoms with Gasteiger partial charge in [-0.3, -0.25) is 14.4 Å². The molecule has 13 heteroatoms. The third-order valence-corrected chi connectivity index (χ3v) is 6.66. The van der Waals surface area contributed by atoms with Gasteiger partial charge >= 0.3 is 11.9 Å². The fourth-order valence-corrected chi connectivity index (χ4v) is 4.52. The second-order valence-electron chi connectivity index (χ2n) is 7.65. The zero-order valence-corrected chi connectivity index (χ0v) is 19.0. The summed E-state index contributed by atoms with van der Waals surface area (Å²) in [7, 11) is -3.30. The number of sulfonamides is 1. The Balaban J connectivity index is 1.69. The molecule has 12 nitrogen and oxygen atoms in total. The topological polar surface area (TPSA) is 151 Å². The first-order valence-corrected chi connectivity index (χ1v) is 12.0. The van der Waals surface area contributed by atoms with Crippen LogP contribution in [0.25, 0.3) is 0 Å². The van der Waals surface area contributed by atoms with E-state index < -0.39 is 40.1 Å². The Morgan fingerprint density at radius 1 is 1.09 bits per heavy atom. The van der Waals surface area contributed by atoms with Gasteiger partial charge in [0.2, 0.25) is 16.1 Å². The van der Waals surface area contributed by atoms with Crippen molar-refractivity contribution in [1.82, 2.24) is 9.21 Å². The summed E-state index contributed by atoms with van der Waals surface area (Å²) in [5, 5.41) is 9.32. The number of carboxylic acid groups (broad SMARTS) is 1. The van der Waals surface area contributed by atoms with Gasteiger partial charge in [0.15, 0.2) is 6.10 Å². The highest BCUT2D eigenvalue weighted by Gasteiger charge is 2.42. The minimum Gasteiger partial charge on any atom is -0.478 e. The standard InChI is InChI=1S/C20H25N3O9S/c1-13(24)32-17(20(27)28)16-19(26)23(11-12-31-16)15-5-3-14(4-6-15)18(25)21-7-9-22(10-8-21)33(2,29)30/h3-6,16-17H,7-12H2,1-2H3,(H,27,28)/t16-,17-/m1/s1. The van der Waals surface area contributed by atoms with Gasteiger partial charge in [0.25, 0.3) is 11.8 Å². The number of hydrogen-bond acceptors (Lipinski definition) is 8. The number of amides is 2. The highest BCUT2D eigenvalue weighted by atomic mass is 32.2. The monoisotopic (exact) mass is 483 g/mol. The zero-order valence-electron chi connectivity index (χ0n) is 18.2. The molecule has 180 valence electrons. The van der Waals surface area contributed by atoms with Crippen molar-refractivity contribution in [1.29, 1.82) is 0 Å². The third-order valence-electron chi connectivity index (χ3n) is 5.35. The Morgan fingerprint density at radius 3 is 2.21 bits per heavy atom. The van der Waals surface area contributed by atoms with Gasteiger partial charge in [0.1, 0.15) is 0 Å². The van der Waals surface area contributed by atoms with Crippen LogP contribution in [0.5, 0.6) is 0 Å². The van der Waals surface area contributed by atoms with E-state index in [0.29, 0.717) is 11.3 Å². The summed E-state index contributed by atoms with van der Waals surface area (Å²) in [6, 6.07) is 6.20. The van der Waals surface area contributed by atoms with Gasteiger partial charge in [-0.25, -0.2) is 13.2 Å². The molecule has 2 amide bonds. The number of anilines is 1. The average Bonchev–Trinajstić information content (AvgIpc) is 2.77. The Hall–Kier alpha value is -3.03. The molecule has 1 aromatic carbocycles. The van der Waals surface area contributed by atoms with Crippen LogP contribution < -0.4 is 4.90 Å². The molecule has 0 bridgehead atoms. The summed E-state index contributed by atoms with van der Waals surface area (Å²) < 4.78 is 34.6. The fraction of sp³-hybridized carbons (Fsp3) is 0.500. The lowest BCUT2D eigenvalue weighted by atomic mass is 10.1. The number of ether oxygens (including phenoxy) is 2. The molecule has 0 aliphatic carbocycles. The SMILES string of the molecule is CC(=O)O[C@@H](C(=O)O)[C@H]1OCCN(c2ccc(C(=O)N3CCN(S(C)(=O)=O)CC3)cc2)C1=O. The van der Waals surface area contributed by atoms with E-state index in [-0.39, 0.29) is 45.2 Å². The molecule has 0 unspecified atom stereocenters. The van der Waals surface area contributed by atoms with Gasteiger partial charge < -0.3 is 24.4 Å². The van der Waals surface area contributed by atoms with Crippen LogP contribution >= 0.6 is 0 Å². The lowest BCUT2D eigenvalue weighted by molar-refractivity contribution is -0.177. The maximum absolute atomic E-state index is 12.8. The smallest absolute Gasteiger partial charge is 0.348 e. The normalized spacial score (nSPS) is 20.9. The van der Waals surface area contributed by atoms with Crippen LogP contribution in [0.1, 0.15) is 17.3 Å². The molecule has 2 aliphatic rings. The van der Waals surface area contributed by atoms with E-state index >= 15 is 0 Å². The third kappa shape index (κ3) is 5.67. The number of carbonyl (C=O) groups is 4. The Morgan fingerprint density at radius 2 is 1.70 bits per heavy atom. The van der Waals surface area contributed by atoms with E-state index in [9.17, 15) is 32.7 Å². The first-order valence-electron chi connectivity index (χ1n) is 10.2. The molecule has 0 spiro atoms. The van der Waals surface area contributed by atoms with Crippen molar-refractivity contribution in [2.75, 3.05) is 50.5 Å². The number of rotatable bonds is 6. The molecule has 2 aliphatic heterocycles. The lowest BCUT2D eigenvalue weighted by Gasteiger charge is -2.34. The van der Waals surface area contributed by atoms with Gasteiger partial charge in [-0.15, -0.1) is 0 Å². The molecule has 0 radical (unpaired) electrons. The quantitative estimate of drug-likeness (QED) is 0.510. The second-order valence-corrected chi connectivity index (χ2v) is 9.63. The second kappa shape index (κ2) is 9.85. The maximum atomic E-state index is 12.8. The predicted octanol–water partition coefficient (Wildman–Crippen LogP) is -0.848. The van der Waals surface area contributed by atoms with E-state index in [0.717, 1.165) is 13.2 Å². The summed E-state index contributed by atoms with van der Waals surface area (Å²) in [4.78, 5) is 51.2. The number of esters is 1. The van der Waals surface area contributed by atoms with Gasteiger partial charge in [-0.1, -0.05) is 0 Å². The van der Waals surface area contributed by atoms with Gasteiger partial charge in [-0.2, -0.15) is 4.31 Å². The molecular weight excluding hydrogens is 458 g/mol. The highest BCUT2D eigenvalue weighted by molar-refractivity contribution is 7.88. The van der Waals surface area contributed by atoms with Crippen LogP contribution in [0.15, 0.2) is 24.3 Å². The predicted molar refractivity (Wildman–Crippen MR) is 114 cm³/mol. The number of piperazine rings is 1.